The summed E-state index contributed by atoms with van der Waals surface area (Å²) >= 11 is 0. The summed E-state index contributed by atoms with van der Waals surface area (Å²) in [7, 11) is 1.93. The summed E-state index contributed by atoms with van der Waals surface area (Å²) in [5.41, 5.74) is 3.07. The van der Waals surface area contributed by atoms with Gasteiger partial charge in [0.05, 0.1) is 12.0 Å². The molecule has 170 valence electrons. The van der Waals surface area contributed by atoms with Crippen LogP contribution in [-0.2, 0) is 4.79 Å². The molecule has 0 saturated carbocycles. The van der Waals surface area contributed by atoms with E-state index >= 15 is 0 Å². The van der Waals surface area contributed by atoms with Gasteiger partial charge in [-0.2, -0.15) is 0 Å². The van der Waals surface area contributed by atoms with Crippen LogP contribution < -0.4 is 0 Å². The zero-order valence-electron chi connectivity index (χ0n) is 19.9. The van der Waals surface area contributed by atoms with Gasteiger partial charge in [0.25, 0.3) is 0 Å². The van der Waals surface area contributed by atoms with E-state index in [9.17, 15) is 4.79 Å². The van der Waals surface area contributed by atoms with Gasteiger partial charge in [-0.05, 0) is 56.5 Å². The lowest BCUT2D eigenvalue weighted by atomic mass is 9.88. The summed E-state index contributed by atoms with van der Waals surface area (Å²) in [5, 5.41) is 0. The van der Waals surface area contributed by atoms with Gasteiger partial charge in [0.15, 0.2) is 0 Å². The van der Waals surface area contributed by atoms with Gasteiger partial charge < -0.3 is 9.80 Å². The third-order valence-electron chi connectivity index (χ3n) is 5.97. The van der Waals surface area contributed by atoms with Crippen molar-refractivity contribution < 1.29 is 4.79 Å². The first kappa shape index (κ1) is 25.4. The Bertz CT molecular complexity index is 870. The van der Waals surface area contributed by atoms with Crippen LogP contribution in [0.3, 0.4) is 0 Å². The lowest BCUT2D eigenvalue weighted by molar-refractivity contribution is -0.132. The second-order valence-corrected chi connectivity index (χ2v) is 8.10. The fourth-order valence-corrected chi connectivity index (χ4v) is 4.29. The predicted molar refractivity (Wildman–Crippen MR) is 138 cm³/mol. The van der Waals surface area contributed by atoms with E-state index in [1.54, 1.807) is 12.2 Å². The van der Waals surface area contributed by atoms with Gasteiger partial charge in [0.1, 0.15) is 0 Å². The lowest BCUT2D eigenvalue weighted by Gasteiger charge is -2.35. The van der Waals surface area contributed by atoms with E-state index < -0.39 is 0 Å². The molecule has 1 amide bonds. The first-order valence-electron chi connectivity index (χ1n) is 11.5. The average molecular weight is 431 g/mol. The molecule has 1 aliphatic heterocycles. The van der Waals surface area contributed by atoms with Crippen molar-refractivity contribution in [2.75, 3.05) is 26.7 Å². The van der Waals surface area contributed by atoms with Gasteiger partial charge in [-0.25, -0.2) is 0 Å². The molecule has 1 aliphatic rings. The van der Waals surface area contributed by atoms with Crippen LogP contribution in [0.2, 0.25) is 0 Å². The Morgan fingerprint density at radius 3 is 2.31 bits per heavy atom. The molecule has 2 rings (SSSR count). The topological polar surface area (TPSA) is 23.6 Å². The van der Waals surface area contributed by atoms with E-state index in [4.69, 9.17) is 0 Å². The molecule has 0 spiro atoms. The average Bonchev–Trinajstić information content (AvgIpc) is 3.33. The van der Waals surface area contributed by atoms with Crippen molar-refractivity contribution >= 4 is 5.91 Å². The largest absolute Gasteiger partial charge is 0.337 e. The monoisotopic (exact) mass is 430 g/mol. The number of rotatable bonds is 11. The quantitative estimate of drug-likeness (QED) is 0.398. The molecule has 1 unspecified atom stereocenters. The van der Waals surface area contributed by atoms with Gasteiger partial charge in [-0.15, -0.1) is 0 Å². The number of benzene rings is 1. The fourth-order valence-electron chi connectivity index (χ4n) is 4.29. The number of carbonyl (C=O) groups is 1. The molecule has 2 atom stereocenters. The normalized spacial score (nSPS) is 17.6. The van der Waals surface area contributed by atoms with Crippen LogP contribution in [0.15, 0.2) is 103 Å². The molecule has 0 aliphatic carbocycles. The van der Waals surface area contributed by atoms with E-state index in [1.165, 1.54) is 12.8 Å². The highest BCUT2D eigenvalue weighted by Crippen LogP contribution is 2.29. The summed E-state index contributed by atoms with van der Waals surface area (Å²) in [5.74, 6) is -0.259. The van der Waals surface area contributed by atoms with Crippen LogP contribution >= 0.6 is 0 Å². The molecule has 1 fully saturated rings. The Morgan fingerprint density at radius 1 is 1.06 bits per heavy atom. The number of hydrogen-bond acceptors (Lipinski definition) is 2. The van der Waals surface area contributed by atoms with E-state index in [1.807, 2.05) is 92.6 Å². The summed E-state index contributed by atoms with van der Waals surface area (Å²) in [6.45, 7) is 14.7. The molecule has 1 saturated heterocycles. The molecule has 0 radical (unpaired) electrons. The molecule has 1 aromatic carbocycles. The minimum Gasteiger partial charge on any atom is -0.337 e. The highest BCUT2D eigenvalue weighted by atomic mass is 16.2. The van der Waals surface area contributed by atoms with Gasteiger partial charge in [0.2, 0.25) is 5.91 Å². The van der Waals surface area contributed by atoms with Crippen molar-refractivity contribution in [3.05, 3.63) is 109 Å². The number of carbonyl (C=O) groups excluding carboxylic acids is 1. The zero-order chi connectivity index (χ0) is 23.3. The third kappa shape index (κ3) is 6.80. The Labute approximate surface area is 194 Å². The Hall–Kier alpha value is -2.91. The predicted octanol–water partition coefficient (Wildman–Crippen LogP) is 6.07. The maximum absolute atomic E-state index is 14.1. The van der Waals surface area contributed by atoms with Crippen molar-refractivity contribution in [3.8, 4) is 0 Å². The van der Waals surface area contributed by atoms with Crippen LogP contribution in [-0.4, -0.2) is 48.4 Å². The molecule has 3 heteroatoms. The van der Waals surface area contributed by atoms with Crippen molar-refractivity contribution in [2.24, 2.45) is 0 Å². The van der Waals surface area contributed by atoms with E-state index in [0.29, 0.717) is 0 Å². The molecular weight excluding hydrogens is 392 g/mol. The molecule has 1 heterocycles. The molecule has 1 aromatic rings. The first-order chi connectivity index (χ1) is 15.6. The van der Waals surface area contributed by atoms with Crippen LogP contribution in [0, 0.1) is 0 Å². The van der Waals surface area contributed by atoms with Gasteiger partial charge >= 0.3 is 0 Å². The van der Waals surface area contributed by atoms with Crippen LogP contribution in [0.4, 0.5) is 0 Å². The van der Waals surface area contributed by atoms with E-state index in [-0.39, 0.29) is 17.9 Å². The maximum atomic E-state index is 14.1. The SMILES string of the molecule is C=C/C=C\C(=C/C=C)[C@@H](CN1CCCC1)N(C)C(=O)C(C(/C=C\C)=C/C)c1ccccc1. The second kappa shape index (κ2) is 13.5. The molecule has 32 heavy (non-hydrogen) atoms. The third-order valence-corrected chi connectivity index (χ3v) is 5.97. The Kier molecular flexibility index (Phi) is 10.7. The van der Waals surface area contributed by atoms with Crippen molar-refractivity contribution in [1.29, 1.82) is 0 Å². The summed E-state index contributed by atoms with van der Waals surface area (Å²) in [6.07, 6.45) is 18.0. The number of hydrogen-bond donors (Lipinski definition) is 0. The number of nitrogens with zero attached hydrogens (tertiary/aromatic N) is 2. The van der Waals surface area contributed by atoms with Gasteiger partial charge in [0, 0.05) is 13.6 Å². The summed E-state index contributed by atoms with van der Waals surface area (Å²) in [4.78, 5) is 18.4. The Balaban J connectivity index is 2.49. The molecule has 0 aromatic heterocycles. The van der Waals surface area contributed by atoms with E-state index in [0.717, 1.165) is 36.3 Å². The highest BCUT2D eigenvalue weighted by Gasteiger charge is 2.32. The summed E-state index contributed by atoms with van der Waals surface area (Å²) in [6, 6.07) is 9.98. The fraction of sp³-hybridized carbons (Fsp3) is 0.345. The van der Waals surface area contributed by atoms with Crippen LogP contribution in [0.1, 0.15) is 38.2 Å². The lowest BCUT2D eigenvalue weighted by Crippen LogP contribution is -2.47. The van der Waals surface area contributed by atoms with Crippen molar-refractivity contribution in [2.45, 2.75) is 38.6 Å². The standard InChI is InChI=1S/C29H38N2O/c1-6-10-18-25(17-8-3)27(23-31-21-14-15-22-31)30(5)29(32)28(24(9-4)16-7-2)26-19-12-11-13-20-26/h6-13,16-20,27-28H,1,3,14-15,21-23H2,2,4-5H3/b16-7-,18-10-,24-9+,25-17+/t27-,28?/m1/s1. The van der Waals surface area contributed by atoms with Gasteiger partial charge in [-0.3, -0.25) is 4.79 Å². The number of amides is 1. The molecular formula is C29H38N2O. The summed E-state index contributed by atoms with van der Waals surface area (Å²) < 4.78 is 0. The number of allylic oxidation sites excluding steroid dienone is 7. The maximum Gasteiger partial charge on any atom is 0.234 e. The smallest absolute Gasteiger partial charge is 0.234 e. The van der Waals surface area contributed by atoms with Gasteiger partial charge in [-0.1, -0.05) is 92.1 Å². The molecule has 0 N–H and O–H groups in total. The highest BCUT2D eigenvalue weighted by molar-refractivity contribution is 5.88. The van der Waals surface area contributed by atoms with E-state index in [2.05, 4.69) is 18.1 Å². The minimum absolute atomic E-state index is 0.0790. The zero-order valence-corrected chi connectivity index (χ0v) is 19.9. The van der Waals surface area contributed by atoms with Crippen LogP contribution in [0.5, 0.6) is 0 Å². The van der Waals surface area contributed by atoms with Crippen molar-refractivity contribution in [3.63, 3.8) is 0 Å². The van der Waals surface area contributed by atoms with Crippen molar-refractivity contribution in [1.82, 2.24) is 9.80 Å². The molecule has 0 bridgehead atoms. The second-order valence-electron chi connectivity index (χ2n) is 8.10. The van der Waals surface area contributed by atoms with Crippen LogP contribution in [0.25, 0.3) is 0 Å². The first-order valence-corrected chi connectivity index (χ1v) is 11.5. The number of likely N-dealkylation sites (N-methyl/N-ethyl adjacent to an activating group) is 1. The number of likely N-dealkylation sites (tertiary alicyclic amines) is 1. The molecule has 3 nitrogen and oxygen atoms in total. The minimum atomic E-state index is -0.350. The Morgan fingerprint density at radius 2 is 1.75 bits per heavy atom.